The molecule has 172 valence electrons. The number of halogens is 1. The van der Waals surface area contributed by atoms with E-state index in [4.69, 9.17) is 16.3 Å². The van der Waals surface area contributed by atoms with Gasteiger partial charge in [0.1, 0.15) is 11.6 Å². The number of benzene rings is 2. The van der Waals surface area contributed by atoms with Crippen molar-refractivity contribution in [2.24, 2.45) is 0 Å². The van der Waals surface area contributed by atoms with E-state index in [0.29, 0.717) is 11.3 Å². The molecule has 8 heteroatoms. The molecule has 2 aromatic carbocycles. The second-order valence-corrected chi connectivity index (χ2v) is 8.11. The summed E-state index contributed by atoms with van der Waals surface area (Å²) in [4.78, 5) is 29.3. The Hall–Kier alpha value is -2.93. The first kappa shape index (κ1) is 23.7. The van der Waals surface area contributed by atoms with E-state index in [0.717, 1.165) is 49.7 Å². The fourth-order valence-corrected chi connectivity index (χ4v) is 3.82. The highest BCUT2D eigenvalue weighted by atomic mass is 35.5. The number of methoxy groups -OCH3 is 1. The molecule has 0 bridgehead atoms. The van der Waals surface area contributed by atoms with Gasteiger partial charge in [0.25, 0.3) is 5.91 Å². The Bertz CT molecular complexity index is 945. The topological polar surface area (TPSA) is 73.9 Å². The normalized spacial score (nSPS) is 14.6. The lowest BCUT2D eigenvalue weighted by Gasteiger charge is -2.38. The Morgan fingerprint density at radius 1 is 1.06 bits per heavy atom. The molecule has 0 spiro atoms. The molecule has 1 atom stereocenters. The van der Waals surface area contributed by atoms with Gasteiger partial charge >= 0.3 is 0 Å². The lowest BCUT2D eigenvalue weighted by Crippen LogP contribution is -2.47. The van der Waals surface area contributed by atoms with Gasteiger partial charge in [0, 0.05) is 43.6 Å². The summed E-state index contributed by atoms with van der Waals surface area (Å²) in [5.41, 5.74) is 3.03. The van der Waals surface area contributed by atoms with E-state index < -0.39 is 0 Å². The summed E-state index contributed by atoms with van der Waals surface area (Å²) in [5, 5.41) is 5.77. The van der Waals surface area contributed by atoms with Gasteiger partial charge < -0.3 is 25.2 Å². The standard InChI is InChI=1S/C24H31ClN4O3/c1-4-17(2)26-24(31)19-15-18(27-23(30)16-25)9-10-20(19)28-11-13-29(14-12-28)21-7-5-6-8-22(21)32-3/h5-10,15,17H,4,11-14,16H2,1-3H3,(H,26,31)(H,27,30). The number of hydrogen-bond acceptors (Lipinski definition) is 5. The maximum atomic E-state index is 13.1. The van der Waals surface area contributed by atoms with Gasteiger partial charge in [-0.15, -0.1) is 11.6 Å². The van der Waals surface area contributed by atoms with Crippen molar-refractivity contribution in [3.8, 4) is 5.75 Å². The summed E-state index contributed by atoms with van der Waals surface area (Å²) in [7, 11) is 1.68. The van der Waals surface area contributed by atoms with Crippen molar-refractivity contribution in [1.29, 1.82) is 0 Å². The third kappa shape index (κ3) is 5.65. The van der Waals surface area contributed by atoms with E-state index in [1.165, 1.54) is 0 Å². The monoisotopic (exact) mass is 458 g/mol. The molecule has 0 saturated carbocycles. The first-order chi connectivity index (χ1) is 15.5. The molecule has 1 fully saturated rings. The second-order valence-electron chi connectivity index (χ2n) is 7.84. The van der Waals surface area contributed by atoms with Crippen molar-refractivity contribution >= 4 is 40.5 Å². The molecule has 1 aliphatic heterocycles. The van der Waals surface area contributed by atoms with Gasteiger partial charge in [0.15, 0.2) is 0 Å². The molecule has 1 unspecified atom stereocenters. The number of ether oxygens (including phenoxy) is 1. The highest BCUT2D eigenvalue weighted by molar-refractivity contribution is 6.29. The molecule has 1 aliphatic rings. The first-order valence-corrected chi connectivity index (χ1v) is 11.4. The van der Waals surface area contributed by atoms with Gasteiger partial charge in [0.05, 0.1) is 18.4 Å². The van der Waals surface area contributed by atoms with Crippen LogP contribution >= 0.6 is 11.6 Å². The van der Waals surface area contributed by atoms with Crippen LogP contribution in [0.15, 0.2) is 42.5 Å². The minimum atomic E-state index is -0.307. The van der Waals surface area contributed by atoms with Crippen molar-refractivity contribution in [3.05, 3.63) is 48.0 Å². The summed E-state index contributed by atoms with van der Waals surface area (Å²) in [6, 6.07) is 13.5. The van der Waals surface area contributed by atoms with E-state index in [1.54, 1.807) is 13.2 Å². The molecule has 2 N–H and O–H groups in total. The van der Waals surface area contributed by atoms with Crippen LogP contribution in [0, 0.1) is 0 Å². The SMILES string of the molecule is CCC(C)NC(=O)c1cc(NC(=O)CCl)ccc1N1CCN(c2ccccc2OC)CC1. The van der Waals surface area contributed by atoms with Crippen LogP contribution in [0.5, 0.6) is 5.75 Å². The van der Waals surface area contributed by atoms with Crippen LogP contribution in [0.3, 0.4) is 0 Å². The number of alkyl halides is 1. The number of carbonyl (C=O) groups excluding carboxylic acids is 2. The second kappa shape index (κ2) is 11.1. The minimum absolute atomic E-state index is 0.0545. The fourth-order valence-electron chi connectivity index (χ4n) is 3.75. The van der Waals surface area contributed by atoms with Gasteiger partial charge in [0.2, 0.25) is 5.91 Å². The van der Waals surface area contributed by atoms with Gasteiger partial charge in [-0.05, 0) is 43.7 Å². The average Bonchev–Trinajstić information content (AvgIpc) is 2.83. The zero-order valence-corrected chi connectivity index (χ0v) is 19.6. The van der Waals surface area contributed by atoms with Gasteiger partial charge in [-0.3, -0.25) is 9.59 Å². The molecule has 2 amide bonds. The zero-order chi connectivity index (χ0) is 23.1. The van der Waals surface area contributed by atoms with Crippen LogP contribution in [0.25, 0.3) is 0 Å². The van der Waals surface area contributed by atoms with Gasteiger partial charge in [-0.25, -0.2) is 0 Å². The van der Waals surface area contributed by atoms with Crippen LogP contribution in [-0.4, -0.2) is 57.0 Å². The molecule has 0 aliphatic carbocycles. The van der Waals surface area contributed by atoms with Gasteiger partial charge in [-0.1, -0.05) is 19.1 Å². The zero-order valence-electron chi connectivity index (χ0n) is 18.9. The van der Waals surface area contributed by atoms with Crippen LogP contribution in [0.4, 0.5) is 17.1 Å². The maximum Gasteiger partial charge on any atom is 0.253 e. The highest BCUT2D eigenvalue weighted by Gasteiger charge is 2.24. The Kier molecular flexibility index (Phi) is 8.22. The van der Waals surface area contributed by atoms with E-state index in [-0.39, 0.29) is 23.7 Å². The van der Waals surface area contributed by atoms with Crippen LogP contribution in [-0.2, 0) is 4.79 Å². The van der Waals surface area contributed by atoms with Crippen molar-refractivity contribution in [3.63, 3.8) is 0 Å². The third-order valence-corrected chi connectivity index (χ3v) is 5.93. The van der Waals surface area contributed by atoms with Crippen molar-refractivity contribution in [2.45, 2.75) is 26.3 Å². The largest absolute Gasteiger partial charge is 0.495 e. The number of carbonyl (C=O) groups is 2. The smallest absolute Gasteiger partial charge is 0.253 e. The summed E-state index contributed by atoms with van der Waals surface area (Å²) in [5.74, 6) is 0.261. The minimum Gasteiger partial charge on any atom is -0.495 e. The lowest BCUT2D eigenvalue weighted by atomic mass is 10.1. The van der Waals surface area contributed by atoms with Crippen molar-refractivity contribution < 1.29 is 14.3 Å². The fraction of sp³-hybridized carbons (Fsp3) is 0.417. The highest BCUT2D eigenvalue weighted by Crippen LogP contribution is 2.31. The molecule has 2 aromatic rings. The third-order valence-electron chi connectivity index (χ3n) is 5.68. The number of piperazine rings is 1. The molecule has 32 heavy (non-hydrogen) atoms. The molecule has 0 radical (unpaired) electrons. The number of para-hydroxylation sites is 2. The molecule has 0 aromatic heterocycles. The first-order valence-electron chi connectivity index (χ1n) is 10.9. The number of nitrogens with zero attached hydrogens (tertiary/aromatic N) is 2. The van der Waals surface area contributed by atoms with E-state index in [2.05, 4.69) is 26.5 Å². The van der Waals surface area contributed by atoms with Gasteiger partial charge in [-0.2, -0.15) is 0 Å². The average molecular weight is 459 g/mol. The Balaban J connectivity index is 1.81. The molecular weight excluding hydrogens is 428 g/mol. The molecule has 1 saturated heterocycles. The van der Waals surface area contributed by atoms with Crippen LogP contribution in [0.2, 0.25) is 0 Å². The summed E-state index contributed by atoms with van der Waals surface area (Å²) >= 11 is 5.62. The van der Waals surface area contributed by atoms with Crippen LogP contribution < -0.4 is 25.2 Å². The van der Waals surface area contributed by atoms with Crippen molar-refractivity contribution in [1.82, 2.24) is 5.32 Å². The van der Waals surface area contributed by atoms with E-state index in [1.807, 2.05) is 44.2 Å². The summed E-state index contributed by atoms with van der Waals surface area (Å²) in [6.45, 7) is 7.13. The molecule has 7 nitrogen and oxygen atoms in total. The van der Waals surface area contributed by atoms with E-state index in [9.17, 15) is 9.59 Å². The number of rotatable bonds is 8. The maximum absolute atomic E-state index is 13.1. The summed E-state index contributed by atoms with van der Waals surface area (Å²) in [6.07, 6.45) is 0.835. The molecule has 1 heterocycles. The number of amides is 2. The number of nitrogens with one attached hydrogen (secondary N) is 2. The Labute approximate surface area is 194 Å². The number of hydrogen-bond donors (Lipinski definition) is 2. The molecular formula is C24H31ClN4O3. The number of anilines is 3. The van der Waals surface area contributed by atoms with Crippen LogP contribution in [0.1, 0.15) is 30.6 Å². The predicted molar refractivity (Wildman–Crippen MR) is 130 cm³/mol. The quantitative estimate of drug-likeness (QED) is 0.590. The van der Waals surface area contributed by atoms with Crippen molar-refractivity contribution in [2.75, 3.05) is 54.3 Å². The summed E-state index contributed by atoms with van der Waals surface area (Å²) < 4.78 is 5.51. The van der Waals surface area contributed by atoms with E-state index >= 15 is 0 Å². The Morgan fingerprint density at radius 3 is 2.34 bits per heavy atom. The molecule has 3 rings (SSSR count). The predicted octanol–water partition coefficient (Wildman–Crippen LogP) is 3.73. The Morgan fingerprint density at radius 2 is 1.72 bits per heavy atom. The lowest BCUT2D eigenvalue weighted by molar-refractivity contribution is -0.113.